The molecule has 1 rings (SSSR count). The number of nitrogens with two attached hydrogens (primary N) is 1. The third kappa shape index (κ3) is 4.23. The Morgan fingerprint density at radius 1 is 1.19 bits per heavy atom. The minimum atomic E-state index is 0.235. The summed E-state index contributed by atoms with van der Waals surface area (Å²) in [7, 11) is 0. The molecule has 0 bridgehead atoms. The fourth-order valence-corrected chi connectivity index (χ4v) is 1.70. The Morgan fingerprint density at radius 2 is 1.81 bits per heavy atom. The molecule has 16 heavy (non-hydrogen) atoms. The van der Waals surface area contributed by atoms with Crippen LogP contribution in [0.1, 0.15) is 32.8 Å². The van der Waals surface area contributed by atoms with Gasteiger partial charge in [0.25, 0.3) is 0 Å². The van der Waals surface area contributed by atoms with E-state index in [1.165, 1.54) is 5.56 Å². The molecule has 0 spiro atoms. The molecule has 90 valence electrons. The van der Waals surface area contributed by atoms with Gasteiger partial charge < -0.3 is 10.5 Å². The molecule has 0 heterocycles. The second kappa shape index (κ2) is 6.54. The van der Waals surface area contributed by atoms with Gasteiger partial charge in [0.15, 0.2) is 0 Å². The van der Waals surface area contributed by atoms with Gasteiger partial charge in [-0.25, -0.2) is 0 Å². The molecule has 0 aliphatic heterocycles. The van der Waals surface area contributed by atoms with Gasteiger partial charge in [-0.3, -0.25) is 0 Å². The van der Waals surface area contributed by atoms with Gasteiger partial charge in [0.05, 0.1) is 6.10 Å². The summed E-state index contributed by atoms with van der Waals surface area (Å²) in [6, 6.07) is 8.35. The van der Waals surface area contributed by atoms with Crippen LogP contribution in [-0.2, 0) is 6.42 Å². The van der Waals surface area contributed by atoms with Crippen molar-refractivity contribution in [1.82, 2.24) is 0 Å². The van der Waals surface area contributed by atoms with E-state index in [1.807, 2.05) is 26.0 Å². The second-order valence-corrected chi connectivity index (χ2v) is 4.52. The highest BCUT2D eigenvalue weighted by molar-refractivity contribution is 5.27. The van der Waals surface area contributed by atoms with Crippen LogP contribution in [0.15, 0.2) is 24.3 Å². The van der Waals surface area contributed by atoms with E-state index in [0.29, 0.717) is 5.92 Å². The number of ether oxygens (including phenoxy) is 1. The van der Waals surface area contributed by atoms with Gasteiger partial charge in [0.1, 0.15) is 5.75 Å². The average molecular weight is 221 g/mol. The van der Waals surface area contributed by atoms with Gasteiger partial charge in [0, 0.05) is 0 Å². The molecule has 1 aromatic carbocycles. The molecule has 1 aromatic rings. The molecule has 0 radical (unpaired) electrons. The third-order valence-electron chi connectivity index (χ3n) is 2.73. The van der Waals surface area contributed by atoms with Crippen LogP contribution < -0.4 is 10.5 Å². The van der Waals surface area contributed by atoms with Crippen LogP contribution in [0.2, 0.25) is 0 Å². The van der Waals surface area contributed by atoms with Crippen molar-refractivity contribution in [3.05, 3.63) is 29.8 Å². The maximum Gasteiger partial charge on any atom is 0.119 e. The van der Waals surface area contributed by atoms with E-state index >= 15 is 0 Å². The summed E-state index contributed by atoms with van der Waals surface area (Å²) in [5, 5.41) is 0. The van der Waals surface area contributed by atoms with E-state index < -0.39 is 0 Å². The van der Waals surface area contributed by atoms with E-state index in [2.05, 4.69) is 19.1 Å². The lowest BCUT2D eigenvalue weighted by atomic mass is 9.97. The van der Waals surface area contributed by atoms with Gasteiger partial charge >= 0.3 is 0 Å². The van der Waals surface area contributed by atoms with E-state index in [9.17, 15) is 0 Å². The van der Waals surface area contributed by atoms with Crippen LogP contribution in [0.3, 0.4) is 0 Å². The van der Waals surface area contributed by atoms with Crippen molar-refractivity contribution in [3.63, 3.8) is 0 Å². The predicted molar refractivity (Wildman–Crippen MR) is 68.7 cm³/mol. The quantitative estimate of drug-likeness (QED) is 0.801. The molecule has 0 fully saturated rings. The summed E-state index contributed by atoms with van der Waals surface area (Å²) in [5.41, 5.74) is 7.04. The molecular formula is C14H23NO. The Labute approximate surface area is 98.8 Å². The van der Waals surface area contributed by atoms with Crippen LogP contribution >= 0.6 is 0 Å². The summed E-state index contributed by atoms with van der Waals surface area (Å²) >= 11 is 0. The molecule has 0 aliphatic carbocycles. The SMILES string of the molecule is CCC(CN)Cc1ccc(OC(C)C)cc1. The fraction of sp³-hybridized carbons (Fsp3) is 0.571. The molecule has 2 nitrogen and oxygen atoms in total. The molecule has 0 saturated carbocycles. The summed E-state index contributed by atoms with van der Waals surface area (Å²) in [4.78, 5) is 0. The van der Waals surface area contributed by atoms with Crippen molar-refractivity contribution in [1.29, 1.82) is 0 Å². The van der Waals surface area contributed by atoms with E-state index in [1.54, 1.807) is 0 Å². The number of rotatable bonds is 6. The maximum absolute atomic E-state index is 5.70. The predicted octanol–water partition coefficient (Wildman–Crippen LogP) is 3.00. The Kier molecular flexibility index (Phi) is 5.33. The Bertz CT molecular complexity index is 288. The summed E-state index contributed by atoms with van der Waals surface area (Å²) in [6.45, 7) is 7.03. The first-order valence-electron chi connectivity index (χ1n) is 6.11. The van der Waals surface area contributed by atoms with E-state index in [4.69, 9.17) is 10.5 Å². The van der Waals surface area contributed by atoms with Crippen LogP contribution in [0.5, 0.6) is 5.75 Å². The minimum absolute atomic E-state index is 0.235. The van der Waals surface area contributed by atoms with Gasteiger partial charge in [0.2, 0.25) is 0 Å². The van der Waals surface area contributed by atoms with E-state index in [-0.39, 0.29) is 6.10 Å². The van der Waals surface area contributed by atoms with Crippen LogP contribution in [0, 0.1) is 5.92 Å². The fourth-order valence-electron chi connectivity index (χ4n) is 1.70. The standard InChI is InChI=1S/C14H23NO/c1-4-12(10-15)9-13-5-7-14(8-6-13)16-11(2)3/h5-8,11-12H,4,9-10,15H2,1-3H3. The second-order valence-electron chi connectivity index (χ2n) is 4.52. The topological polar surface area (TPSA) is 35.2 Å². The molecule has 0 aliphatic rings. The van der Waals surface area contributed by atoms with Crippen molar-refractivity contribution < 1.29 is 4.74 Å². The van der Waals surface area contributed by atoms with E-state index in [0.717, 1.165) is 25.1 Å². The number of hydrogen-bond acceptors (Lipinski definition) is 2. The Balaban J connectivity index is 2.57. The van der Waals surface area contributed by atoms with Gasteiger partial charge in [-0.1, -0.05) is 25.5 Å². The van der Waals surface area contributed by atoms with Crippen molar-refractivity contribution in [2.45, 2.75) is 39.7 Å². The maximum atomic E-state index is 5.70. The highest BCUT2D eigenvalue weighted by Crippen LogP contribution is 2.17. The molecule has 1 unspecified atom stereocenters. The zero-order valence-electron chi connectivity index (χ0n) is 10.6. The smallest absolute Gasteiger partial charge is 0.119 e. The molecule has 0 aromatic heterocycles. The Morgan fingerprint density at radius 3 is 2.25 bits per heavy atom. The van der Waals surface area contributed by atoms with Crippen molar-refractivity contribution in [3.8, 4) is 5.75 Å². The largest absolute Gasteiger partial charge is 0.491 e. The lowest BCUT2D eigenvalue weighted by molar-refractivity contribution is 0.242. The number of benzene rings is 1. The van der Waals surface area contributed by atoms with Crippen LogP contribution in [0.4, 0.5) is 0 Å². The molecular weight excluding hydrogens is 198 g/mol. The average Bonchev–Trinajstić information content (AvgIpc) is 2.27. The van der Waals surface area contributed by atoms with Crippen molar-refractivity contribution in [2.75, 3.05) is 6.54 Å². The monoisotopic (exact) mass is 221 g/mol. The molecule has 0 saturated heterocycles. The first-order valence-corrected chi connectivity index (χ1v) is 6.11. The summed E-state index contributed by atoms with van der Waals surface area (Å²) < 4.78 is 5.60. The first kappa shape index (κ1) is 13.0. The normalized spacial score (nSPS) is 12.8. The first-order chi connectivity index (χ1) is 7.65. The van der Waals surface area contributed by atoms with Crippen LogP contribution in [0.25, 0.3) is 0 Å². The summed E-state index contributed by atoms with van der Waals surface area (Å²) in [6.07, 6.45) is 2.44. The van der Waals surface area contributed by atoms with Crippen LogP contribution in [-0.4, -0.2) is 12.6 Å². The minimum Gasteiger partial charge on any atom is -0.491 e. The highest BCUT2D eigenvalue weighted by atomic mass is 16.5. The zero-order valence-corrected chi connectivity index (χ0v) is 10.6. The highest BCUT2D eigenvalue weighted by Gasteiger charge is 2.05. The molecule has 2 heteroatoms. The molecule has 0 amide bonds. The number of hydrogen-bond donors (Lipinski definition) is 1. The lowest BCUT2D eigenvalue weighted by Gasteiger charge is -2.13. The lowest BCUT2D eigenvalue weighted by Crippen LogP contribution is -2.15. The Hall–Kier alpha value is -1.02. The van der Waals surface area contributed by atoms with Gasteiger partial charge in [-0.05, 0) is 50.4 Å². The third-order valence-corrected chi connectivity index (χ3v) is 2.73. The van der Waals surface area contributed by atoms with Gasteiger partial charge in [-0.15, -0.1) is 0 Å². The van der Waals surface area contributed by atoms with Gasteiger partial charge in [-0.2, -0.15) is 0 Å². The molecule has 1 atom stereocenters. The zero-order chi connectivity index (χ0) is 12.0. The molecule has 2 N–H and O–H groups in total. The summed E-state index contributed by atoms with van der Waals surface area (Å²) in [5.74, 6) is 1.54. The van der Waals surface area contributed by atoms with Crippen molar-refractivity contribution >= 4 is 0 Å². The van der Waals surface area contributed by atoms with Crippen molar-refractivity contribution in [2.24, 2.45) is 11.7 Å².